The minimum atomic E-state index is -4.49. The van der Waals surface area contributed by atoms with Crippen LogP contribution in [0.15, 0.2) is 16.6 Å². The van der Waals surface area contributed by atoms with Crippen molar-refractivity contribution in [1.29, 1.82) is 0 Å². The predicted molar refractivity (Wildman–Crippen MR) is 87.4 cm³/mol. The van der Waals surface area contributed by atoms with Crippen LogP contribution in [0.25, 0.3) is 0 Å². The van der Waals surface area contributed by atoms with Crippen LogP contribution in [0.2, 0.25) is 0 Å². The molecule has 0 spiro atoms. The van der Waals surface area contributed by atoms with E-state index in [4.69, 9.17) is 4.74 Å². The molecule has 0 atom stereocenters. The maximum Gasteiger partial charge on any atom is 0.418 e. The maximum absolute atomic E-state index is 14.0. The number of nitrogens with one attached hydrogen (secondary N) is 1. The molecule has 0 unspecified atom stereocenters. The Morgan fingerprint density at radius 1 is 1.12 bits per heavy atom. The van der Waals surface area contributed by atoms with Crippen molar-refractivity contribution in [3.8, 4) is 5.75 Å². The highest BCUT2D eigenvalue weighted by atomic mass is 79.9. The molecule has 1 heterocycles. The van der Waals surface area contributed by atoms with E-state index in [2.05, 4.69) is 26.2 Å². The normalized spacial score (nSPS) is 11.5. The smallest absolute Gasteiger partial charge is 0.418 e. The van der Waals surface area contributed by atoms with Gasteiger partial charge in [0.1, 0.15) is 17.4 Å². The van der Waals surface area contributed by atoms with Gasteiger partial charge in [0.15, 0.2) is 0 Å². The van der Waals surface area contributed by atoms with Gasteiger partial charge in [-0.1, -0.05) is 0 Å². The van der Waals surface area contributed by atoms with Crippen molar-refractivity contribution >= 4 is 27.4 Å². The molecule has 0 saturated carbocycles. The summed E-state index contributed by atoms with van der Waals surface area (Å²) in [6.45, 7) is 4.56. The summed E-state index contributed by atoms with van der Waals surface area (Å²) >= 11 is 3.08. The molecular weight excluding hydrogens is 392 g/mol. The average molecular weight is 407 g/mol. The Morgan fingerprint density at radius 3 is 2.29 bits per heavy atom. The van der Waals surface area contributed by atoms with Crippen molar-refractivity contribution in [2.45, 2.75) is 26.9 Å². The molecule has 0 aliphatic heterocycles. The standard InChI is InChI=1S/C16H15BrF4N2O/c1-7-12(18)6-13(24-4)8(2)14(7)23-15-11(17)5-10(9(3)22-15)16(19,20)21/h5-6H,1-4H3,(H,22,23). The third-order valence-electron chi connectivity index (χ3n) is 3.67. The third kappa shape index (κ3) is 3.48. The van der Waals surface area contributed by atoms with Crippen LogP contribution < -0.4 is 10.1 Å². The van der Waals surface area contributed by atoms with Crippen LogP contribution in [0.1, 0.15) is 22.4 Å². The van der Waals surface area contributed by atoms with Crippen molar-refractivity contribution in [1.82, 2.24) is 4.98 Å². The average Bonchev–Trinajstić information content (AvgIpc) is 2.49. The van der Waals surface area contributed by atoms with Gasteiger partial charge in [-0.3, -0.25) is 0 Å². The van der Waals surface area contributed by atoms with Crippen LogP contribution in [0, 0.1) is 26.6 Å². The van der Waals surface area contributed by atoms with E-state index in [0.29, 0.717) is 22.6 Å². The number of hydrogen-bond acceptors (Lipinski definition) is 3. The molecule has 0 saturated heterocycles. The molecule has 0 aliphatic rings. The van der Waals surface area contributed by atoms with E-state index in [1.54, 1.807) is 13.8 Å². The molecule has 0 aliphatic carbocycles. The van der Waals surface area contributed by atoms with Crippen LogP contribution in [-0.4, -0.2) is 12.1 Å². The van der Waals surface area contributed by atoms with E-state index in [9.17, 15) is 17.6 Å². The van der Waals surface area contributed by atoms with E-state index in [1.165, 1.54) is 20.1 Å². The summed E-state index contributed by atoms with van der Waals surface area (Å²) in [4.78, 5) is 3.96. The molecule has 0 bridgehead atoms. The zero-order chi connectivity index (χ0) is 18.2. The van der Waals surface area contributed by atoms with Crippen LogP contribution in [0.3, 0.4) is 0 Å². The van der Waals surface area contributed by atoms with Crippen LogP contribution in [0.5, 0.6) is 5.75 Å². The van der Waals surface area contributed by atoms with Gasteiger partial charge in [-0.15, -0.1) is 0 Å². The molecule has 1 aromatic heterocycles. The summed E-state index contributed by atoms with van der Waals surface area (Å²) in [5, 5.41) is 2.90. The number of anilines is 2. The van der Waals surface area contributed by atoms with E-state index in [0.717, 1.165) is 6.07 Å². The molecule has 0 radical (unpaired) electrons. The first-order valence-electron chi connectivity index (χ1n) is 6.91. The second-order valence-electron chi connectivity index (χ2n) is 5.26. The SMILES string of the molecule is COc1cc(F)c(C)c(Nc2nc(C)c(C(F)(F)F)cc2Br)c1C. The lowest BCUT2D eigenvalue weighted by Gasteiger charge is -2.18. The fraction of sp³-hybridized carbons (Fsp3) is 0.312. The Morgan fingerprint density at radius 2 is 1.75 bits per heavy atom. The van der Waals surface area contributed by atoms with Crippen molar-refractivity contribution in [3.05, 3.63) is 44.8 Å². The number of methoxy groups -OCH3 is 1. The molecule has 2 rings (SSSR count). The van der Waals surface area contributed by atoms with Gasteiger partial charge < -0.3 is 10.1 Å². The van der Waals surface area contributed by atoms with E-state index in [1.807, 2.05) is 0 Å². The first-order chi connectivity index (χ1) is 11.1. The summed E-state index contributed by atoms with van der Waals surface area (Å²) < 4.78 is 58.0. The fourth-order valence-electron chi connectivity index (χ4n) is 2.33. The molecule has 1 N–H and O–H groups in total. The number of hydrogen-bond donors (Lipinski definition) is 1. The van der Waals surface area contributed by atoms with Gasteiger partial charge in [0, 0.05) is 17.2 Å². The lowest BCUT2D eigenvalue weighted by Crippen LogP contribution is -2.11. The Balaban J connectivity index is 2.54. The number of aromatic nitrogens is 1. The molecule has 24 heavy (non-hydrogen) atoms. The Labute approximate surface area is 145 Å². The number of benzene rings is 1. The summed E-state index contributed by atoms with van der Waals surface area (Å²) in [6.07, 6.45) is -4.49. The number of aryl methyl sites for hydroxylation is 1. The van der Waals surface area contributed by atoms with Crippen molar-refractivity contribution in [2.75, 3.05) is 12.4 Å². The number of nitrogens with zero attached hydrogens (tertiary/aromatic N) is 1. The van der Waals surface area contributed by atoms with Gasteiger partial charge in [0.05, 0.1) is 28.5 Å². The lowest BCUT2D eigenvalue weighted by molar-refractivity contribution is -0.138. The highest BCUT2D eigenvalue weighted by Gasteiger charge is 2.34. The molecule has 8 heteroatoms. The second-order valence-corrected chi connectivity index (χ2v) is 6.11. The Bertz CT molecular complexity index is 791. The minimum absolute atomic E-state index is 0.127. The highest BCUT2D eigenvalue weighted by molar-refractivity contribution is 9.10. The second kappa shape index (κ2) is 6.58. The highest BCUT2D eigenvalue weighted by Crippen LogP contribution is 2.38. The zero-order valence-corrected chi connectivity index (χ0v) is 15.0. The van der Waals surface area contributed by atoms with E-state index >= 15 is 0 Å². The number of alkyl halides is 3. The molecule has 2 aromatic rings. The van der Waals surface area contributed by atoms with Crippen LogP contribution in [0.4, 0.5) is 29.1 Å². The summed E-state index contributed by atoms with van der Waals surface area (Å²) in [6, 6.07) is 2.21. The van der Waals surface area contributed by atoms with E-state index in [-0.39, 0.29) is 16.0 Å². The van der Waals surface area contributed by atoms with Gasteiger partial charge in [0.25, 0.3) is 0 Å². The first-order valence-corrected chi connectivity index (χ1v) is 7.70. The molecule has 0 fully saturated rings. The van der Waals surface area contributed by atoms with Crippen molar-refractivity contribution < 1.29 is 22.3 Å². The third-order valence-corrected chi connectivity index (χ3v) is 4.28. The summed E-state index contributed by atoms with van der Waals surface area (Å²) in [7, 11) is 1.41. The fourth-order valence-corrected chi connectivity index (χ4v) is 2.75. The van der Waals surface area contributed by atoms with E-state index < -0.39 is 17.6 Å². The topological polar surface area (TPSA) is 34.1 Å². The molecule has 3 nitrogen and oxygen atoms in total. The molecular formula is C16H15BrF4N2O. The minimum Gasteiger partial charge on any atom is -0.496 e. The molecule has 130 valence electrons. The first kappa shape index (κ1) is 18.5. The Hall–Kier alpha value is -1.83. The lowest BCUT2D eigenvalue weighted by atomic mass is 10.1. The van der Waals surface area contributed by atoms with Gasteiger partial charge in [-0.2, -0.15) is 13.2 Å². The molecule has 0 amide bonds. The number of pyridine rings is 1. The zero-order valence-electron chi connectivity index (χ0n) is 13.4. The Kier molecular flexibility index (Phi) is 5.08. The van der Waals surface area contributed by atoms with Crippen molar-refractivity contribution in [2.24, 2.45) is 0 Å². The van der Waals surface area contributed by atoms with Gasteiger partial charge in [-0.25, -0.2) is 9.37 Å². The van der Waals surface area contributed by atoms with Crippen molar-refractivity contribution in [3.63, 3.8) is 0 Å². The summed E-state index contributed by atoms with van der Waals surface area (Å²) in [5.41, 5.74) is 0.346. The monoisotopic (exact) mass is 406 g/mol. The van der Waals surface area contributed by atoms with Gasteiger partial charge in [0.2, 0.25) is 0 Å². The number of rotatable bonds is 3. The molecule has 1 aromatic carbocycles. The van der Waals surface area contributed by atoms with Crippen LogP contribution in [-0.2, 0) is 6.18 Å². The summed E-state index contributed by atoms with van der Waals surface area (Å²) in [5.74, 6) is 0.0133. The quantitative estimate of drug-likeness (QED) is 0.665. The number of ether oxygens (including phenoxy) is 1. The number of halogens is 5. The largest absolute Gasteiger partial charge is 0.496 e. The van der Waals surface area contributed by atoms with Crippen LogP contribution >= 0.6 is 15.9 Å². The predicted octanol–water partition coefficient (Wildman–Crippen LogP) is 5.68. The van der Waals surface area contributed by atoms with Gasteiger partial charge >= 0.3 is 6.18 Å². The van der Waals surface area contributed by atoms with Gasteiger partial charge in [-0.05, 0) is 42.8 Å². The maximum atomic E-state index is 14.0.